The van der Waals surface area contributed by atoms with Crippen molar-refractivity contribution < 1.29 is 0 Å². The Kier molecular flexibility index (Phi) is 2.03. The van der Waals surface area contributed by atoms with Crippen LogP contribution in [0.4, 0.5) is 5.69 Å². The Hall–Kier alpha value is -0.980. The van der Waals surface area contributed by atoms with Crippen molar-refractivity contribution in [1.29, 1.82) is 0 Å². The topological polar surface area (TPSA) is 12.0 Å². The maximum atomic E-state index is 3.49. The summed E-state index contributed by atoms with van der Waals surface area (Å²) in [4.78, 5) is 0. The van der Waals surface area contributed by atoms with Crippen molar-refractivity contribution in [3.05, 3.63) is 29.8 Å². The molecule has 0 unspecified atom stereocenters. The molecule has 0 aromatic heterocycles. The molecule has 2 rings (SSSR count). The van der Waals surface area contributed by atoms with Crippen LogP contribution in [-0.2, 0) is 6.42 Å². The zero-order valence-electron chi connectivity index (χ0n) is 7.51. The maximum absolute atomic E-state index is 3.49. The Morgan fingerprint density at radius 1 is 1.42 bits per heavy atom. The monoisotopic (exact) mass is 161 g/mol. The summed E-state index contributed by atoms with van der Waals surface area (Å²) in [5.74, 6) is 0. The van der Waals surface area contributed by atoms with Crippen molar-refractivity contribution in [2.24, 2.45) is 0 Å². The fourth-order valence-corrected chi connectivity index (χ4v) is 1.34. The zero-order chi connectivity index (χ0) is 8.39. The van der Waals surface area contributed by atoms with Crippen LogP contribution in [0.25, 0.3) is 0 Å². The molecular weight excluding hydrogens is 146 g/mol. The number of aryl methyl sites for hydroxylation is 1. The summed E-state index contributed by atoms with van der Waals surface area (Å²) in [6.07, 6.45) is 3.81. The number of anilines is 1. The van der Waals surface area contributed by atoms with Crippen LogP contribution in [0.1, 0.15) is 25.3 Å². The van der Waals surface area contributed by atoms with E-state index in [2.05, 4.69) is 36.5 Å². The Bertz CT molecular complexity index is 263. The Labute approximate surface area is 73.8 Å². The van der Waals surface area contributed by atoms with Gasteiger partial charge in [0.15, 0.2) is 0 Å². The van der Waals surface area contributed by atoms with Gasteiger partial charge in [-0.25, -0.2) is 0 Å². The third-order valence-corrected chi connectivity index (χ3v) is 2.28. The van der Waals surface area contributed by atoms with E-state index in [1.807, 2.05) is 0 Å². The summed E-state index contributed by atoms with van der Waals surface area (Å²) < 4.78 is 0. The Morgan fingerprint density at radius 3 is 2.92 bits per heavy atom. The van der Waals surface area contributed by atoms with Crippen molar-refractivity contribution in [1.82, 2.24) is 0 Å². The normalized spacial score (nSPS) is 16.1. The minimum absolute atomic E-state index is 0.761. The van der Waals surface area contributed by atoms with Crippen molar-refractivity contribution in [3.63, 3.8) is 0 Å². The lowest BCUT2D eigenvalue weighted by Gasteiger charge is -2.05. The lowest BCUT2D eigenvalue weighted by Crippen LogP contribution is -2.00. The van der Waals surface area contributed by atoms with E-state index in [0.29, 0.717) is 0 Å². The van der Waals surface area contributed by atoms with E-state index >= 15 is 0 Å². The number of rotatable bonds is 3. The molecule has 0 aliphatic heterocycles. The van der Waals surface area contributed by atoms with Gasteiger partial charge >= 0.3 is 0 Å². The van der Waals surface area contributed by atoms with Gasteiger partial charge in [-0.1, -0.05) is 19.1 Å². The molecule has 0 atom stereocenters. The van der Waals surface area contributed by atoms with E-state index in [-0.39, 0.29) is 0 Å². The molecule has 1 aliphatic carbocycles. The summed E-state index contributed by atoms with van der Waals surface area (Å²) >= 11 is 0. The van der Waals surface area contributed by atoms with Gasteiger partial charge in [0.2, 0.25) is 0 Å². The van der Waals surface area contributed by atoms with Crippen LogP contribution in [-0.4, -0.2) is 6.04 Å². The van der Waals surface area contributed by atoms with Gasteiger partial charge in [0.25, 0.3) is 0 Å². The first-order valence-electron chi connectivity index (χ1n) is 4.74. The molecule has 1 aliphatic rings. The van der Waals surface area contributed by atoms with Crippen LogP contribution in [0.2, 0.25) is 0 Å². The first-order chi connectivity index (χ1) is 5.88. The average Bonchev–Trinajstić information content (AvgIpc) is 2.89. The molecule has 1 aromatic carbocycles. The third-order valence-electron chi connectivity index (χ3n) is 2.28. The van der Waals surface area contributed by atoms with Gasteiger partial charge < -0.3 is 5.32 Å². The second kappa shape index (κ2) is 3.18. The molecule has 1 nitrogen and oxygen atoms in total. The van der Waals surface area contributed by atoms with Crippen LogP contribution < -0.4 is 5.32 Å². The minimum atomic E-state index is 0.761. The van der Waals surface area contributed by atoms with Gasteiger partial charge in [0, 0.05) is 11.7 Å². The van der Waals surface area contributed by atoms with E-state index in [9.17, 15) is 0 Å². The number of hydrogen-bond acceptors (Lipinski definition) is 1. The molecule has 1 fully saturated rings. The van der Waals surface area contributed by atoms with Gasteiger partial charge in [-0.15, -0.1) is 0 Å². The first kappa shape index (κ1) is 7.66. The molecule has 0 heterocycles. The summed E-state index contributed by atoms with van der Waals surface area (Å²) in [5, 5.41) is 3.49. The highest BCUT2D eigenvalue weighted by Gasteiger charge is 2.20. The molecule has 1 saturated carbocycles. The average molecular weight is 161 g/mol. The van der Waals surface area contributed by atoms with E-state index in [1.165, 1.54) is 24.1 Å². The van der Waals surface area contributed by atoms with Crippen molar-refractivity contribution in [3.8, 4) is 0 Å². The van der Waals surface area contributed by atoms with Crippen molar-refractivity contribution in [2.45, 2.75) is 32.2 Å². The fourth-order valence-electron chi connectivity index (χ4n) is 1.34. The molecular formula is C11H15N. The van der Waals surface area contributed by atoms with E-state index in [4.69, 9.17) is 0 Å². The predicted molar refractivity (Wildman–Crippen MR) is 52.5 cm³/mol. The highest BCUT2D eigenvalue weighted by molar-refractivity contribution is 5.47. The molecule has 0 amide bonds. The Balaban J connectivity index is 2.08. The zero-order valence-corrected chi connectivity index (χ0v) is 7.51. The minimum Gasteiger partial charge on any atom is -0.382 e. The molecule has 0 saturated heterocycles. The summed E-state index contributed by atoms with van der Waals surface area (Å²) in [6.45, 7) is 2.19. The van der Waals surface area contributed by atoms with Gasteiger partial charge in [-0.05, 0) is 37.0 Å². The quantitative estimate of drug-likeness (QED) is 0.718. The van der Waals surface area contributed by atoms with Crippen LogP contribution >= 0.6 is 0 Å². The molecule has 1 heteroatoms. The third kappa shape index (κ3) is 1.79. The van der Waals surface area contributed by atoms with Crippen LogP contribution in [0.3, 0.4) is 0 Å². The van der Waals surface area contributed by atoms with Crippen LogP contribution in [0.15, 0.2) is 24.3 Å². The largest absolute Gasteiger partial charge is 0.382 e. The van der Waals surface area contributed by atoms with Gasteiger partial charge in [-0.3, -0.25) is 0 Å². The fraction of sp³-hybridized carbons (Fsp3) is 0.455. The highest BCUT2D eigenvalue weighted by atomic mass is 14.9. The summed E-state index contributed by atoms with van der Waals surface area (Å²) in [5.41, 5.74) is 2.71. The lowest BCUT2D eigenvalue weighted by molar-refractivity contribution is 1.12. The number of nitrogens with one attached hydrogen (secondary N) is 1. The molecule has 0 spiro atoms. The molecule has 12 heavy (non-hydrogen) atoms. The highest BCUT2D eigenvalue weighted by Crippen LogP contribution is 2.24. The SMILES string of the molecule is CCc1cccc(NC2CC2)c1. The van der Waals surface area contributed by atoms with E-state index in [1.54, 1.807) is 0 Å². The molecule has 1 aromatic rings. The van der Waals surface area contributed by atoms with Crippen molar-refractivity contribution in [2.75, 3.05) is 5.32 Å². The van der Waals surface area contributed by atoms with Crippen molar-refractivity contribution >= 4 is 5.69 Å². The smallest absolute Gasteiger partial charge is 0.0345 e. The van der Waals surface area contributed by atoms with Gasteiger partial charge in [-0.2, -0.15) is 0 Å². The van der Waals surface area contributed by atoms with E-state index in [0.717, 1.165) is 12.5 Å². The molecule has 0 radical (unpaired) electrons. The van der Waals surface area contributed by atoms with Gasteiger partial charge in [0.05, 0.1) is 0 Å². The predicted octanol–water partition coefficient (Wildman–Crippen LogP) is 2.82. The standard InChI is InChI=1S/C11H15N/c1-2-9-4-3-5-11(8-9)12-10-6-7-10/h3-5,8,10,12H,2,6-7H2,1H3. The number of hydrogen-bond donors (Lipinski definition) is 1. The van der Waals surface area contributed by atoms with Crippen LogP contribution in [0, 0.1) is 0 Å². The second-order valence-electron chi connectivity index (χ2n) is 3.47. The summed E-state index contributed by atoms with van der Waals surface area (Å²) in [6, 6.07) is 9.47. The lowest BCUT2D eigenvalue weighted by atomic mass is 10.1. The van der Waals surface area contributed by atoms with Crippen LogP contribution in [0.5, 0.6) is 0 Å². The van der Waals surface area contributed by atoms with Gasteiger partial charge in [0.1, 0.15) is 0 Å². The summed E-state index contributed by atoms with van der Waals surface area (Å²) in [7, 11) is 0. The van der Waals surface area contributed by atoms with E-state index < -0.39 is 0 Å². The maximum Gasteiger partial charge on any atom is 0.0345 e. The molecule has 0 bridgehead atoms. The molecule has 1 N–H and O–H groups in total. The Morgan fingerprint density at radius 2 is 2.25 bits per heavy atom. The number of benzene rings is 1. The first-order valence-corrected chi connectivity index (χ1v) is 4.74. The second-order valence-corrected chi connectivity index (χ2v) is 3.47. The molecule has 64 valence electrons.